The minimum atomic E-state index is -0.296. The van der Waals surface area contributed by atoms with Crippen LogP contribution in [-0.4, -0.2) is 5.91 Å². The number of hydrogen-bond donors (Lipinski definition) is 1. The lowest BCUT2D eigenvalue weighted by molar-refractivity contribution is 0.0939. The van der Waals surface area contributed by atoms with Crippen LogP contribution in [0.15, 0.2) is 41.0 Å². The zero-order chi connectivity index (χ0) is 13.8. The van der Waals surface area contributed by atoms with E-state index in [4.69, 9.17) is 21.3 Å². The van der Waals surface area contributed by atoms with Crippen LogP contribution in [-0.2, 0) is 0 Å². The summed E-state index contributed by atoms with van der Waals surface area (Å²) in [6.45, 7) is 1.85. The minimum Gasteiger partial charge on any atom is -0.452 e. The summed E-state index contributed by atoms with van der Waals surface area (Å²) in [7, 11) is 0. The summed E-state index contributed by atoms with van der Waals surface area (Å²) in [6, 6.07) is 10.4. The molecular weight excluding hydrogens is 264 g/mol. The Bertz CT molecular complexity index is 626. The van der Waals surface area contributed by atoms with Crippen molar-refractivity contribution in [2.75, 3.05) is 0 Å². The van der Waals surface area contributed by atoms with Crippen molar-refractivity contribution >= 4 is 17.5 Å². The Balaban J connectivity index is 2.08. The third-order valence-corrected chi connectivity index (χ3v) is 3.04. The quantitative estimate of drug-likeness (QED) is 0.934. The molecule has 1 aromatic carbocycles. The predicted octanol–water partition coefficient (Wildman–Crippen LogP) is 3.30. The lowest BCUT2D eigenvalue weighted by atomic mass is 10.1. The first-order valence-electron chi connectivity index (χ1n) is 5.65. The molecule has 0 bridgehead atoms. The van der Waals surface area contributed by atoms with E-state index < -0.39 is 0 Å². The molecule has 1 amide bonds. The Morgan fingerprint density at radius 1 is 1.37 bits per heavy atom. The molecule has 0 saturated carbocycles. The Morgan fingerprint density at radius 2 is 2.05 bits per heavy atom. The number of nitrogens with one attached hydrogen (secondary N) is 1. The second-order valence-electron chi connectivity index (χ2n) is 4.04. The Kier molecular flexibility index (Phi) is 3.88. The van der Waals surface area contributed by atoms with Gasteiger partial charge in [-0.25, -0.2) is 0 Å². The van der Waals surface area contributed by atoms with Crippen LogP contribution in [0.4, 0.5) is 0 Å². The second-order valence-corrected chi connectivity index (χ2v) is 4.38. The van der Waals surface area contributed by atoms with Crippen LogP contribution in [0, 0.1) is 11.3 Å². The summed E-state index contributed by atoms with van der Waals surface area (Å²) in [5, 5.41) is 11.6. The maximum atomic E-state index is 11.9. The zero-order valence-corrected chi connectivity index (χ0v) is 10.9. The van der Waals surface area contributed by atoms with E-state index in [-0.39, 0.29) is 17.2 Å². The van der Waals surface area contributed by atoms with E-state index >= 15 is 0 Å². The van der Waals surface area contributed by atoms with Crippen molar-refractivity contribution in [3.63, 3.8) is 0 Å². The molecule has 0 saturated heterocycles. The highest BCUT2D eigenvalue weighted by molar-refractivity contribution is 6.32. The topological polar surface area (TPSA) is 66.0 Å². The Morgan fingerprint density at radius 3 is 2.58 bits per heavy atom. The molecular formula is C14H11ClN2O2. The van der Waals surface area contributed by atoms with E-state index in [1.54, 1.807) is 24.3 Å². The van der Waals surface area contributed by atoms with Crippen molar-refractivity contribution in [2.45, 2.75) is 13.0 Å². The SMILES string of the molecule is CC(NC(=O)c1ccoc1Cl)c1ccc(C#N)cc1. The summed E-state index contributed by atoms with van der Waals surface area (Å²) in [5.74, 6) is -0.296. The highest BCUT2D eigenvalue weighted by Crippen LogP contribution is 2.19. The van der Waals surface area contributed by atoms with Gasteiger partial charge in [-0.05, 0) is 42.3 Å². The van der Waals surface area contributed by atoms with Crippen molar-refractivity contribution in [1.82, 2.24) is 5.32 Å². The van der Waals surface area contributed by atoms with Crippen LogP contribution < -0.4 is 5.32 Å². The lowest BCUT2D eigenvalue weighted by Crippen LogP contribution is -2.26. The molecule has 1 aromatic heterocycles. The molecule has 0 aliphatic carbocycles. The summed E-state index contributed by atoms with van der Waals surface area (Å²) >= 11 is 5.74. The van der Waals surface area contributed by atoms with Gasteiger partial charge in [0.05, 0.1) is 29.5 Å². The summed E-state index contributed by atoms with van der Waals surface area (Å²) in [5.41, 5.74) is 1.80. The molecule has 5 heteroatoms. The van der Waals surface area contributed by atoms with Gasteiger partial charge >= 0.3 is 0 Å². The smallest absolute Gasteiger partial charge is 0.256 e. The molecule has 0 radical (unpaired) electrons. The number of hydrogen-bond acceptors (Lipinski definition) is 3. The first-order chi connectivity index (χ1) is 9.11. The number of rotatable bonds is 3. The van der Waals surface area contributed by atoms with Crippen molar-refractivity contribution in [3.8, 4) is 6.07 Å². The van der Waals surface area contributed by atoms with Crippen LogP contribution in [0.25, 0.3) is 0 Å². The van der Waals surface area contributed by atoms with Gasteiger partial charge < -0.3 is 9.73 Å². The van der Waals surface area contributed by atoms with Gasteiger partial charge in [0, 0.05) is 0 Å². The maximum Gasteiger partial charge on any atom is 0.256 e. The molecule has 1 heterocycles. The normalized spacial score (nSPS) is 11.6. The predicted molar refractivity (Wildman–Crippen MR) is 70.8 cm³/mol. The fraction of sp³-hybridized carbons (Fsp3) is 0.143. The minimum absolute atomic E-state index is 0.0736. The van der Waals surface area contributed by atoms with Gasteiger partial charge in [-0.1, -0.05) is 12.1 Å². The standard InChI is InChI=1S/C14H11ClN2O2/c1-9(11-4-2-10(8-16)3-5-11)17-14(18)12-6-7-19-13(12)15/h2-7,9H,1H3,(H,17,18). The fourth-order valence-electron chi connectivity index (χ4n) is 1.66. The molecule has 0 fully saturated rings. The molecule has 2 aromatic rings. The summed E-state index contributed by atoms with van der Waals surface area (Å²) in [6.07, 6.45) is 1.36. The van der Waals surface area contributed by atoms with E-state index in [1.807, 2.05) is 13.0 Å². The number of carbonyl (C=O) groups excluding carboxylic acids is 1. The van der Waals surface area contributed by atoms with E-state index in [0.29, 0.717) is 11.1 Å². The fourth-order valence-corrected chi connectivity index (χ4v) is 1.86. The van der Waals surface area contributed by atoms with Gasteiger partial charge in [0.1, 0.15) is 0 Å². The molecule has 2 rings (SSSR count). The van der Waals surface area contributed by atoms with Crippen LogP contribution in [0.1, 0.15) is 34.5 Å². The largest absolute Gasteiger partial charge is 0.452 e. The number of nitrogens with zero attached hydrogens (tertiary/aromatic N) is 1. The van der Waals surface area contributed by atoms with Crippen LogP contribution >= 0.6 is 11.6 Å². The van der Waals surface area contributed by atoms with Crippen LogP contribution in [0.2, 0.25) is 5.22 Å². The number of halogens is 1. The van der Waals surface area contributed by atoms with E-state index in [2.05, 4.69) is 5.32 Å². The number of furan rings is 1. The van der Waals surface area contributed by atoms with Gasteiger partial charge in [-0.3, -0.25) is 4.79 Å². The summed E-state index contributed by atoms with van der Waals surface area (Å²) < 4.78 is 4.87. The average molecular weight is 275 g/mol. The first kappa shape index (κ1) is 13.2. The van der Waals surface area contributed by atoms with E-state index in [0.717, 1.165) is 5.56 Å². The van der Waals surface area contributed by atoms with Gasteiger partial charge in [0.25, 0.3) is 5.91 Å². The van der Waals surface area contributed by atoms with Crippen LogP contribution in [0.5, 0.6) is 0 Å². The molecule has 1 atom stereocenters. The molecule has 19 heavy (non-hydrogen) atoms. The van der Waals surface area contributed by atoms with E-state index in [9.17, 15) is 4.79 Å². The van der Waals surface area contributed by atoms with Crippen LogP contribution in [0.3, 0.4) is 0 Å². The first-order valence-corrected chi connectivity index (χ1v) is 6.03. The second kappa shape index (κ2) is 5.59. The van der Waals surface area contributed by atoms with Gasteiger partial charge in [-0.15, -0.1) is 0 Å². The molecule has 1 unspecified atom stereocenters. The van der Waals surface area contributed by atoms with Gasteiger partial charge in [-0.2, -0.15) is 5.26 Å². The molecule has 0 aliphatic rings. The molecule has 1 N–H and O–H groups in total. The highest BCUT2D eigenvalue weighted by atomic mass is 35.5. The molecule has 0 aliphatic heterocycles. The third kappa shape index (κ3) is 2.95. The molecule has 96 valence electrons. The molecule has 0 spiro atoms. The van der Waals surface area contributed by atoms with Crippen molar-refractivity contribution < 1.29 is 9.21 Å². The van der Waals surface area contributed by atoms with Gasteiger partial charge in [0.15, 0.2) is 0 Å². The highest BCUT2D eigenvalue weighted by Gasteiger charge is 2.16. The maximum absolute atomic E-state index is 11.9. The monoisotopic (exact) mass is 274 g/mol. The number of carbonyl (C=O) groups is 1. The van der Waals surface area contributed by atoms with Crippen molar-refractivity contribution in [3.05, 3.63) is 58.5 Å². The Hall–Kier alpha value is -2.25. The zero-order valence-electron chi connectivity index (χ0n) is 10.2. The molecule has 4 nitrogen and oxygen atoms in total. The van der Waals surface area contributed by atoms with Gasteiger partial charge in [0.2, 0.25) is 5.22 Å². The van der Waals surface area contributed by atoms with Crippen molar-refractivity contribution in [1.29, 1.82) is 5.26 Å². The van der Waals surface area contributed by atoms with Crippen molar-refractivity contribution in [2.24, 2.45) is 0 Å². The number of nitriles is 1. The summed E-state index contributed by atoms with van der Waals surface area (Å²) in [4.78, 5) is 11.9. The van der Waals surface area contributed by atoms with E-state index in [1.165, 1.54) is 12.3 Å². The average Bonchev–Trinajstić information content (AvgIpc) is 2.85. The number of benzene rings is 1. The lowest BCUT2D eigenvalue weighted by Gasteiger charge is -2.13. The Labute approximate surface area is 115 Å². The number of amides is 1. The third-order valence-electron chi connectivity index (χ3n) is 2.75.